The number of halogens is 1. The van der Waals surface area contributed by atoms with E-state index in [2.05, 4.69) is 44.7 Å². The largest absolute Gasteiger partial charge is 0.493 e. The number of hydrogen-bond donors (Lipinski definition) is 2. The number of nitrogens with one attached hydrogen (secondary N) is 1. The van der Waals surface area contributed by atoms with Crippen LogP contribution in [0.3, 0.4) is 0 Å². The second-order valence-electron chi connectivity index (χ2n) is 4.08. The molecule has 6 nitrogen and oxygen atoms in total. The Kier molecular flexibility index (Phi) is 6.01. The van der Waals surface area contributed by atoms with Gasteiger partial charge in [-0.15, -0.1) is 11.3 Å². The van der Waals surface area contributed by atoms with E-state index in [4.69, 9.17) is 15.2 Å². The van der Waals surface area contributed by atoms with E-state index < -0.39 is 0 Å². The second kappa shape index (κ2) is 7.99. The van der Waals surface area contributed by atoms with Crippen LogP contribution < -0.4 is 20.6 Å². The van der Waals surface area contributed by atoms with Crippen molar-refractivity contribution in [3.63, 3.8) is 0 Å². The number of hydrazone groups is 1. The van der Waals surface area contributed by atoms with Crippen molar-refractivity contribution in [2.75, 3.05) is 24.9 Å². The van der Waals surface area contributed by atoms with E-state index in [0.717, 1.165) is 9.13 Å². The van der Waals surface area contributed by atoms with Gasteiger partial charge in [0.1, 0.15) is 12.4 Å². The van der Waals surface area contributed by atoms with Gasteiger partial charge < -0.3 is 15.2 Å². The van der Waals surface area contributed by atoms with Crippen LogP contribution in [-0.2, 0) is 0 Å². The average Bonchev–Trinajstić information content (AvgIpc) is 2.91. The van der Waals surface area contributed by atoms with Gasteiger partial charge in [-0.2, -0.15) is 5.10 Å². The Morgan fingerprint density at radius 1 is 1.55 bits per heavy atom. The number of methoxy groups -OCH3 is 1. The highest BCUT2D eigenvalue weighted by Crippen LogP contribution is 2.33. The SMILES string of the molecule is C=CCOc1c(I)cc(C=NNc2nc(N)cs2)cc1OC. The summed E-state index contributed by atoms with van der Waals surface area (Å²) in [5.41, 5.74) is 9.25. The lowest BCUT2D eigenvalue weighted by atomic mass is 10.2. The zero-order valence-corrected chi connectivity index (χ0v) is 14.8. The molecule has 22 heavy (non-hydrogen) atoms. The first-order chi connectivity index (χ1) is 10.6. The summed E-state index contributed by atoms with van der Waals surface area (Å²) in [6.07, 6.45) is 3.37. The smallest absolute Gasteiger partial charge is 0.205 e. The van der Waals surface area contributed by atoms with E-state index in [1.165, 1.54) is 11.3 Å². The van der Waals surface area contributed by atoms with Crippen LogP contribution in [0.4, 0.5) is 10.9 Å². The molecule has 0 atom stereocenters. The summed E-state index contributed by atoms with van der Waals surface area (Å²) >= 11 is 3.58. The molecule has 0 fully saturated rings. The van der Waals surface area contributed by atoms with Crippen LogP contribution in [-0.4, -0.2) is 24.9 Å². The van der Waals surface area contributed by atoms with Crippen LogP contribution in [0.25, 0.3) is 0 Å². The molecule has 0 radical (unpaired) electrons. The van der Waals surface area contributed by atoms with Crippen molar-refractivity contribution >= 4 is 51.1 Å². The van der Waals surface area contributed by atoms with Crippen molar-refractivity contribution in [2.45, 2.75) is 0 Å². The minimum atomic E-state index is 0.423. The number of rotatable bonds is 7. The standard InChI is InChI=1S/C14H15IN4O2S/c1-3-4-21-13-10(15)5-9(6-11(13)20-2)7-17-19-14-18-12(16)8-22-14/h3,5-8H,1,4,16H2,2H3,(H,18,19). The number of nitrogens with two attached hydrogens (primary N) is 1. The molecule has 0 spiro atoms. The van der Waals surface area contributed by atoms with Crippen LogP contribution in [0.1, 0.15) is 5.56 Å². The Labute approximate surface area is 146 Å². The van der Waals surface area contributed by atoms with E-state index in [9.17, 15) is 0 Å². The fourth-order valence-electron chi connectivity index (χ4n) is 1.60. The van der Waals surface area contributed by atoms with Crippen molar-refractivity contribution in [3.05, 3.63) is 39.3 Å². The lowest BCUT2D eigenvalue weighted by Gasteiger charge is -2.12. The highest BCUT2D eigenvalue weighted by atomic mass is 127. The number of anilines is 2. The van der Waals surface area contributed by atoms with Crippen LogP contribution in [0, 0.1) is 3.57 Å². The number of thiazole rings is 1. The van der Waals surface area contributed by atoms with E-state index in [-0.39, 0.29) is 0 Å². The number of aromatic nitrogens is 1. The van der Waals surface area contributed by atoms with Crippen molar-refractivity contribution in [3.8, 4) is 11.5 Å². The van der Waals surface area contributed by atoms with Gasteiger partial charge >= 0.3 is 0 Å². The maximum absolute atomic E-state index is 5.61. The number of ether oxygens (including phenoxy) is 2. The van der Waals surface area contributed by atoms with Gasteiger partial charge in [-0.1, -0.05) is 12.7 Å². The first-order valence-electron chi connectivity index (χ1n) is 6.25. The predicted molar refractivity (Wildman–Crippen MR) is 99.1 cm³/mol. The molecule has 3 N–H and O–H groups in total. The fraction of sp³-hybridized carbons (Fsp3) is 0.143. The Balaban J connectivity index is 2.13. The molecule has 1 heterocycles. The van der Waals surface area contributed by atoms with Crippen LogP contribution in [0.5, 0.6) is 11.5 Å². The third-order valence-corrected chi connectivity index (χ3v) is 4.06. The first kappa shape index (κ1) is 16.6. The molecule has 0 amide bonds. The van der Waals surface area contributed by atoms with Gasteiger partial charge in [-0.25, -0.2) is 4.98 Å². The molecule has 0 aliphatic heterocycles. The average molecular weight is 430 g/mol. The van der Waals surface area contributed by atoms with E-state index in [1.54, 1.807) is 24.8 Å². The minimum Gasteiger partial charge on any atom is -0.493 e. The molecule has 0 aliphatic carbocycles. The number of hydrogen-bond acceptors (Lipinski definition) is 7. The summed E-state index contributed by atoms with van der Waals surface area (Å²) in [5, 5.41) is 6.52. The summed E-state index contributed by atoms with van der Waals surface area (Å²) in [7, 11) is 1.60. The maximum atomic E-state index is 5.61. The van der Waals surface area contributed by atoms with Crippen molar-refractivity contribution in [1.29, 1.82) is 0 Å². The molecule has 0 unspecified atom stereocenters. The van der Waals surface area contributed by atoms with Gasteiger partial charge in [-0.05, 0) is 40.3 Å². The zero-order valence-electron chi connectivity index (χ0n) is 11.9. The molecular formula is C14H15IN4O2S. The molecule has 2 rings (SSSR count). The summed E-state index contributed by atoms with van der Waals surface area (Å²) in [4.78, 5) is 4.06. The highest BCUT2D eigenvalue weighted by molar-refractivity contribution is 14.1. The predicted octanol–water partition coefficient (Wildman–Crippen LogP) is 3.35. The molecule has 0 saturated heterocycles. The third-order valence-electron chi connectivity index (χ3n) is 2.49. The van der Waals surface area contributed by atoms with Gasteiger partial charge in [0.05, 0.1) is 16.9 Å². The second-order valence-corrected chi connectivity index (χ2v) is 6.10. The van der Waals surface area contributed by atoms with Crippen LogP contribution in [0.15, 0.2) is 35.3 Å². The molecule has 116 valence electrons. The van der Waals surface area contributed by atoms with Gasteiger partial charge in [0.25, 0.3) is 0 Å². The van der Waals surface area contributed by atoms with Gasteiger partial charge in [0, 0.05) is 5.38 Å². The summed E-state index contributed by atoms with van der Waals surface area (Å²) in [5.74, 6) is 1.82. The molecule has 8 heteroatoms. The first-order valence-corrected chi connectivity index (χ1v) is 8.21. The van der Waals surface area contributed by atoms with Gasteiger partial charge in [-0.3, -0.25) is 5.43 Å². The van der Waals surface area contributed by atoms with Gasteiger partial charge in [0.15, 0.2) is 11.5 Å². The number of nitrogen functional groups attached to an aromatic ring is 1. The molecule has 1 aromatic heterocycles. The van der Waals surface area contributed by atoms with Crippen molar-refractivity contribution in [1.82, 2.24) is 4.98 Å². The van der Waals surface area contributed by atoms with Crippen LogP contribution in [0.2, 0.25) is 0 Å². The lowest BCUT2D eigenvalue weighted by molar-refractivity contribution is 0.324. The Bertz CT molecular complexity index is 687. The Morgan fingerprint density at radius 3 is 3.00 bits per heavy atom. The normalized spacial score (nSPS) is 10.6. The molecule has 2 aromatic rings. The van der Waals surface area contributed by atoms with E-state index in [1.807, 2.05) is 12.1 Å². The van der Waals surface area contributed by atoms with E-state index >= 15 is 0 Å². The quantitative estimate of drug-likeness (QED) is 0.305. The maximum Gasteiger partial charge on any atom is 0.205 e. The minimum absolute atomic E-state index is 0.423. The van der Waals surface area contributed by atoms with Crippen LogP contribution >= 0.6 is 33.9 Å². The summed E-state index contributed by atoms with van der Waals surface area (Å²) in [6.45, 7) is 4.06. The van der Waals surface area contributed by atoms with Crippen molar-refractivity contribution in [2.24, 2.45) is 5.10 Å². The Hall–Kier alpha value is -1.81. The molecular weight excluding hydrogens is 415 g/mol. The Morgan fingerprint density at radius 2 is 2.36 bits per heavy atom. The summed E-state index contributed by atoms with van der Waals surface area (Å²) in [6, 6.07) is 3.80. The fourth-order valence-corrected chi connectivity index (χ4v) is 2.93. The molecule has 0 aliphatic rings. The monoisotopic (exact) mass is 430 g/mol. The molecule has 1 aromatic carbocycles. The molecule has 0 bridgehead atoms. The number of nitrogens with zero attached hydrogens (tertiary/aromatic N) is 2. The highest BCUT2D eigenvalue weighted by Gasteiger charge is 2.10. The number of benzene rings is 1. The zero-order chi connectivity index (χ0) is 15.9. The summed E-state index contributed by atoms with van der Waals surface area (Å²) < 4.78 is 11.9. The van der Waals surface area contributed by atoms with Crippen molar-refractivity contribution < 1.29 is 9.47 Å². The topological polar surface area (TPSA) is 81.8 Å². The van der Waals surface area contributed by atoms with Gasteiger partial charge in [0.2, 0.25) is 5.13 Å². The van der Waals surface area contributed by atoms with E-state index in [0.29, 0.717) is 29.1 Å². The molecule has 0 saturated carbocycles. The third kappa shape index (κ3) is 4.34. The lowest BCUT2D eigenvalue weighted by Crippen LogP contribution is -2.00.